The predicted molar refractivity (Wildman–Crippen MR) is 98.9 cm³/mol. The van der Waals surface area contributed by atoms with Gasteiger partial charge in [0, 0.05) is 22.2 Å². The Bertz CT molecular complexity index is 1240. The van der Waals surface area contributed by atoms with Crippen molar-refractivity contribution in [1.29, 1.82) is 5.26 Å². The number of phenols is 1. The van der Waals surface area contributed by atoms with Crippen LogP contribution in [0.5, 0.6) is 11.5 Å². The van der Waals surface area contributed by atoms with Gasteiger partial charge < -0.3 is 20.9 Å². The smallest absolute Gasteiger partial charge is 0.245 e. The number of nitrogens with zero attached hydrogens (tertiary/aromatic N) is 1. The average Bonchev–Trinajstić information content (AvgIpc) is 2.94. The molecule has 2 heterocycles. The summed E-state index contributed by atoms with van der Waals surface area (Å²) >= 11 is 0. The molecular formula is C21H13N3O3. The van der Waals surface area contributed by atoms with Crippen LogP contribution in [-0.2, 0) is 10.2 Å². The second-order valence-electron chi connectivity index (χ2n) is 6.55. The SMILES string of the molecule is N#CC1=C(N)Oc2c(ccc3cc(O)ccc23)[C@@]12C(=O)Nc1ccccc12. The second-order valence-corrected chi connectivity index (χ2v) is 6.55. The Morgan fingerprint density at radius 1 is 1.11 bits per heavy atom. The summed E-state index contributed by atoms with van der Waals surface area (Å²) in [5.41, 5.74) is 6.66. The molecule has 3 aromatic carbocycles. The van der Waals surface area contributed by atoms with Gasteiger partial charge in [-0.15, -0.1) is 0 Å². The molecule has 0 aliphatic carbocycles. The first-order valence-electron chi connectivity index (χ1n) is 8.32. The van der Waals surface area contributed by atoms with Crippen molar-refractivity contribution in [2.75, 3.05) is 5.32 Å². The van der Waals surface area contributed by atoms with Gasteiger partial charge in [-0.3, -0.25) is 4.79 Å². The van der Waals surface area contributed by atoms with Gasteiger partial charge in [-0.2, -0.15) is 5.26 Å². The Hall–Kier alpha value is -3.98. The maximum absolute atomic E-state index is 13.2. The summed E-state index contributed by atoms with van der Waals surface area (Å²) in [5, 5.41) is 23.9. The summed E-state index contributed by atoms with van der Waals surface area (Å²) in [4.78, 5) is 13.2. The number of nitrogens with two attached hydrogens (primary N) is 1. The number of ether oxygens (including phenoxy) is 1. The van der Waals surface area contributed by atoms with Crippen LogP contribution in [0.25, 0.3) is 10.8 Å². The van der Waals surface area contributed by atoms with Crippen LogP contribution in [0.1, 0.15) is 11.1 Å². The maximum Gasteiger partial charge on any atom is 0.245 e. The standard InChI is InChI=1S/C21H13N3O3/c22-10-16-19(23)27-18-13-7-6-12(25)9-11(13)5-8-15(18)21(16)14-3-1-2-4-17(14)24-20(21)26/h1-9,25H,23H2,(H,24,26)/t21-/m1/s1. The molecule has 2 aliphatic heterocycles. The zero-order valence-corrected chi connectivity index (χ0v) is 14.0. The number of aromatic hydroxyl groups is 1. The third-order valence-electron chi connectivity index (χ3n) is 5.22. The van der Waals surface area contributed by atoms with Crippen LogP contribution >= 0.6 is 0 Å². The number of para-hydroxylation sites is 1. The van der Waals surface area contributed by atoms with E-state index >= 15 is 0 Å². The molecule has 0 fully saturated rings. The summed E-state index contributed by atoms with van der Waals surface area (Å²) in [6.45, 7) is 0. The highest BCUT2D eigenvalue weighted by atomic mass is 16.5. The zero-order chi connectivity index (χ0) is 18.8. The van der Waals surface area contributed by atoms with E-state index in [-0.39, 0.29) is 23.1 Å². The van der Waals surface area contributed by atoms with Crippen LogP contribution in [0.4, 0.5) is 5.69 Å². The molecule has 0 saturated heterocycles. The van der Waals surface area contributed by atoms with Crippen molar-refractivity contribution in [2.24, 2.45) is 5.73 Å². The molecule has 3 aromatic rings. The fraction of sp³-hybridized carbons (Fsp3) is 0.0476. The minimum atomic E-state index is -1.37. The van der Waals surface area contributed by atoms with Crippen molar-refractivity contribution in [3.63, 3.8) is 0 Å². The molecule has 0 radical (unpaired) electrons. The Balaban J connectivity index is 1.95. The average molecular weight is 355 g/mol. The van der Waals surface area contributed by atoms with E-state index in [1.54, 1.807) is 36.4 Å². The number of fused-ring (bicyclic) bond motifs is 6. The first-order valence-corrected chi connectivity index (χ1v) is 8.32. The highest BCUT2D eigenvalue weighted by Gasteiger charge is 2.56. The minimum absolute atomic E-state index is 0.0654. The second kappa shape index (κ2) is 5.02. The molecule has 1 amide bonds. The van der Waals surface area contributed by atoms with Crippen molar-refractivity contribution in [1.82, 2.24) is 0 Å². The van der Waals surface area contributed by atoms with Crippen molar-refractivity contribution in [3.8, 4) is 17.6 Å². The van der Waals surface area contributed by atoms with Gasteiger partial charge in [-0.1, -0.05) is 30.3 Å². The summed E-state index contributed by atoms with van der Waals surface area (Å²) in [6.07, 6.45) is 0. The van der Waals surface area contributed by atoms with Crippen molar-refractivity contribution < 1.29 is 14.6 Å². The quantitative estimate of drug-likeness (QED) is 0.575. The molecular weight excluding hydrogens is 342 g/mol. The number of rotatable bonds is 0. The Labute approximate surface area is 154 Å². The molecule has 1 spiro atoms. The van der Waals surface area contributed by atoms with Crippen LogP contribution in [0.3, 0.4) is 0 Å². The van der Waals surface area contributed by atoms with E-state index in [0.29, 0.717) is 28.0 Å². The summed E-state index contributed by atoms with van der Waals surface area (Å²) < 4.78 is 5.81. The Kier molecular flexibility index (Phi) is 2.84. The fourth-order valence-corrected chi connectivity index (χ4v) is 4.09. The maximum atomic E-state index is 13.2. The lowest BCUT2D eigenvalue weighted by atomic mass is 9.68. The van der Waals surface area contributed by atoms with E-state index in [1.807, 2.05) is 18.2 Å². The first-order chi connectivity index (χ1) is 13.1. The van der Waals surface area contributed by atoms with Crippen LogP contribution in [0.15, 0.2) is 66.1 Å². The molecule has 0 saturated carbocycles. The number of amides is 1. The third-order valence-corrected chi connectivity index (χ3v) is 5.22. The number of carbonyl (C=O) groups excluding carboxylic acids is 1. The monoisotopic (exact) mass is 355 g/mol. The molecule has 1 atom stereocenters. The molecule has 6 nitrogen and oxygen atoms in total. The van der Waals surface area contributed by atoms with E-state index in [4.69, 9.17) is 10.5 Å². The van der Waals surface area contributed by atoms with Gasteiger partial charge >= 0.3 is 0 Å². The van der Waals surface area contributed by atoms with Gasteiger partial charge in [0.2, 0.25) is 11.8 Å². The summed E-state index contributed by atoms with van der Waals surface area (Å²) in [6, 6.07) is 17.7. The molecule has 130 valence electrons. The molecule has 0 bridgehead atoms. The molecule has 2 aliphatic rings. The van der Waals surface area contributed by atoms with Gasteiger partial charge in [0.25, 0.3) is 0 Å². The first kappa shape index (κ1) is 15.3. The summed E-state index contributed by atoms with van der Waals surface area (Å²) in [5.74, 6) is 0.0947. The fourth-order valence-electron chi connectivity index (χ4n) is 4.09. The molecule has 4 N–H and O–H groups in total. The van der Waals surface area contributed by atoms with Crippen molar-refractivity contribution in [2.45, 2.75) is 5.41 Å². The summed E-state index contributed by atoms with van der Waals surface area (Å²) in [7, 11) is 0. The van der Waals surface area contributed by atoms with Gasteiger partial charge in [0.1, 0.15) is 28.6 Å². The van der Waals surface area contributed by atoms with Crippen molar-refractivity contribution in [3.05, 3.63) is 77.2 Å². The molecule has 27 heavy (non-hydrogen) atoms. The van der Waals surface area contributed by atoms with E-state index in [0.717, 1.165) is 5.39 Å². The lowest BCUT2D eigenvalue weighted by Gasteiger charge is -2.34. The molecule has 0 unspecified atom stereocenters. The Morgan fingerprint density at radius 2 is 1.93 bits per heavy atom. The van der Waals surface area contributed by atoms with E-state index in [9.17, 15) is 15.2 Å². The number of hydrogen-bond acceptors (Lipinski definition) is 5. The van der Waals surface area contributed by atoms with Gasteiger partial charge in [0.05, 0.1) is 0 Å². The number of nitriles is 1. The molecule has 5 rings (SSSR count). The minimum Gasteiger partial charge on any atom is -0.508 e. The lowest BCUT2D eigenvalue weighted by Crippen LogP contribution is -2.42. The highest BCUT2D eigenvalue weighted by molar-refractivity contribution is 6.13. The van der Waals surface area contributed by atoms with E-state index in [1.165, 1.54) is 0 Å². The Morgan fingerprint density at radius 3 is 2.74 bits per heavy atom. The molecule has 0 aromatic heterocycles. The van der Waals surface area contributed by atoms with Crippen LogP contribution in [0.2, 0.25) is 0 Å². The number of hydrogen-bond donors (Lipinski definition) is 3. The van der Waals surface area contributed by atoms with Crippen LogP contribution in [0, 0.1) is 11.3 Å². The van der Waals surface area contributed by atoms with Crippen LogP contribution in [-0.4, -0.2) is 11.0 Å². The molecule has 6 heteroatoms. The predicted octanol–water partition coefficient (Wildman–Crippen LogP) is 2.87. The lowest BCUT2D eigenvalue weighted by molar-refractivity contribution is -0.118. The topological polar surface area (TPSA) is 108 Å². The number of phenolic OH excluding ortho intramolecular Hbond substituents is 1. The zero-order valence-electron chi connectivity index (χ0n) is 14.0. The van der Waals surface area contributed by atoms with Gasteiger partial charge in [-0.25, -0.2) is 0 Å². The highest BCUT2D eigenvalue weighted by Crippen LogP contribution is 2.54. The van der Waals surface area contributed by atoms with Gasteiger partial charge in [0.15, 0.2) is 0 Å². The third kappa shape index (κ3) is 1.75. The van der Waals surface area contributed by atoms with Crippen molar-refractivity contribution >= 4 is 22.4 Å². The number of nitrogens with one attached hydrogen (secondary N) is 1. The number of benzene rings is 3. The normalized spacial score (nSPS) is 20.0. The van der Waals surface area contributed by atoms with E-state index in [2.05, 4.69) is 11.4 Å². The largest absolute Gasteiger partial charge is 0.508 e. The van der Waals surface area contributed by atoms with Crippen LogP contribution < -0.4 is 15.8 Å². The van der Waals surface area contributed by atoms with Gasteiger partial charge in [-0.05, 0) is 29.7 Å². The number of carbonyl (C=O) groups is 1. The van der Waals surface area contributed by atoms with E-state index < -0.39 is 5.41 Å². The number of anilines is 1.